The number of carbonyl (C=O) groups excluding carboxylic acids is 8. The van der Waals surface area contributed by atoms with E-state index in [-0.39, 0.29) is 134 Å². The van der Waals surface area contributed by atoms with Crippen LogP contribution in [-0.2, 0) is 95.4 Å². The number of likely N-dealkylation sites (N-methyl/N-ethyl adjacent to an activating group) is 2. The smallest absolute Gasteiger partial charge is 0.481 e. The largest absolute Gasteiger partial charge is 0.481 e. The number of carbonyl (C=O) groups is 10. The third-order valence-corrected chi connectivity index (χ3v) is 24.9. The lowest BCUT2D eigenvalue weighted by atomic mass is 9.84. The van der Waals surface area contributed by atoms with Gasteiger partial charge in [0.1, 0.15) is 65.2 Å². The molecule has 0 radical (unpaired) electrons. The minimum Gasteiger partial charge on any atom is -0.481 e. The fourth-order valence-electron chi connectivity index (χ4n) is 14.2. The summed E-state index contributed by atoms with van der Waals surface area (Å²) in [5.74, 6) is -8.71. The molecule has 0 aliphatic carbocycles. The van der Waals surface area contributed by atoms with Gasteiger partial charge in [0.25, 0.3) is 0 Å². The molecule has 4 heterocycles. The second-order valence-electron chi connectivity index (χ2n) is 30.5. The number of carboxylic acid groups (broad SMARTS) is 2. The summed E-state index contributed by atoms with van der Waals surface area (Å²) in [5, 5.41) is 48.5. The number of unbranched alkanes of at least 4 members (excludes halogenated alkanes) is 3. The van der Waals surface area contributed by atoms with Gasteiger partial charge in [0.2, 0.25) is 35.4 Å². The number of nitrogen functional groups attached to an aromatic ring is 1. The molecule has 1 aromatic carbocycles. The number of ketones is 2. The van der Waals surface area contributed by atoms with Gasteiger partial charge in [-0.05, 0) is 61.3 Å². The zero-order valence-electron chi connectivity index (χ0n) is 66.8. The van der Waals surface area contributed by atoms with Crippen molar-refractivity contribution in [2.75, 3.05) is 65.5 Å². The SMILES string of the molecule is CC[C@H](C)[C@@H]([C@H](C)CC(=O)N1CCC[C@H]1[C@H](OC)[C@@H](C)C(=O)C[C@@H](Cc1ccccc1)C(=O)O)N(C)C(=O)[C@@H](NC(=O)[C@H](C(C)C)N(C)C(=O)CCCCCCC(=O)CC(SCCNC(=O)CCNC(=O)[C@H](O)C(C)(C)COP(=O)(O)OP(=O)(O)OC[C@@H]1O[C@H](n2cnc3c(N)ncnc32)[C@@H](O)[C@H]1OP(=O)(O)O)C(=O)O)C(C)C. The molecule has 0 bridgehead atoms. The summed E-state index contributed by atoms with van der Waals surface area (Å²) < 4.78 is 68.8. The summed E-state index contributed by atoms with van der Waals surface area (Å²) in [7, 11) is -12.0. The first-order valence-corrected chi connectivity index (χ1v) is 43.5. The van der Waals surface area contributed by atoms with Crippen molar-refractivity contribution < 1.29 is 129 Å². The highest BCUT2D eigenvalue weighted by molar-refractivity contribution is 8.00. The van der Waals surface area contributed by atoms with E-state index < -0.39 is 150 Å². The number of thioether (sulfide) groups is 1. The number of fused-ring (bicyclic) bond motifs is 1. The van der Waals surface area contributed by atoms with Gasteiger partial charge in [-0.2, -0.15) is 4.31 Å². The second-order valence-corrected chi connectivity index (χ2v) is 36.1. The second kappa shape index (κ2) is 44.7. The molecular formula is C72H116N11O27P3S. The lowest BCUT2D eigenvalue weighted by Gasteiger charge is -2.41. The van der Waals surface area contributed by atoms with Gasteiger partial charge < -0.3 is 85.9 Å². The number of carboxylic acids is 2. The lowest BCUT2D eigenvalue weighted by molar-refractivity contribution is -0.146. The summed E-state index contributed by atoms with van der Waals surface area (Å²) in [5.41, 5.74) is 4.94. The standard InChI is InChI=1S/C72H116N11O27P3S/c1-14-43(6)59(44(7)33-55(88)82-31-22-26-49(82)61(105-13)45(8)50(85)35-47(70(94)95)34-46-23-18-17-19-24-46)81(12)68(93)56(41(2)3)79-66(91)58(42(4)5)80(11)54(87)27-21-16-15-20-25-48(84)36-52(71(96)97)114-32-30-74-53(86)28-29-75-67(92)63(90)72(9,10)38-107-113(103,104)110-112(101,102)106-37-51-62(109-111(98,99)100)60(89)69(108-51)83-40-78-57-64(73)76-39-77-65(57)83/h17-19,23-24,39-45,47,49,51-52,56,58-63,69,89-90H,14-16,20-22,25-38H2,1-13H3,(H,74,86)(H,75,92)(H,79,91)(H,94,95)(H,96,97)(H,101,102)(H,103,104)(H2,73,76,77)(H2,98,99,100)/t43-,44+,45-,47+,49-,51-,52?,56-,58-,59-,60-,61+,62-,63-,69-/m0/s1. The first-order chi connectivity index (χ1) is 53.3. The number of aliphatic hydroxyl groups is 2. The molecule has 13 N–H and O–H groups in total. The van der Waals surface area contributed by atoms with Crippen LogP contribution >= 0.6 is 35.2 Å². The third kappa shape index (κ3) is 29.1. The Morgan fingerprint density at radius 2 is 1.44 bits per heavy atom. The van der Waals surface area contributed by atoms with Crippen LogP contribution in [0.1, 0.15) is 164 Å². The van der Waals surface area contributed by atoms with Gasteiger partial charge in [-0.25, -0.2) is 28.6 Å². The molecule has 3 aromatic rings. The Balaban J connectivity index is 0.994. The number of benzene rings is 1. The van der Waals surface area contributed by atoms with E-state index in [9.17, 15) is 102 Å². The number of likely N-dealkylation sites (tertiary alicyclic amines) is 1. The number of methoxy groups -OCH3 is 1. The third-order valence-electron chi connectivity index (χ3n) is 20.5. The predicted octanol–water partition coefficient (Wildman–Crippen LogP) is 4.96. The highest BCUT2D eigenvalue weighted by Gasteiger charge is 2.51. The van der Waals surface area contributed by atoms with Crippen molar-refractivity contribution in [2.45, 2.75) is 225 Å². The number of nitrogens with two attached hydrogens (primary N) is 1. The van der Waals surface area contributed by atoms with E-state index in [1.54, 1.807) is 37.6 Å². The van der Waals surface area contributed by atoms with Crippen LogP contribution in [-0.4, -0.2) is 253 Å². The van der Waals surface area contributed by atoms with Crippen LogP contribution in [0.2, 0.25) is 0 Å². The molecule has 0 saturated carbocycles. The number of phosphoric ester groups is 3. The molecule has 2 aliphatic rings. The van der Waals surface area contributed by atoms with Gasteiger partial charge >= 0.3 is 35.4 Å². The number of nitrogens with zero attached hydrogens (tertiary/aromatic N) is 7. The number of aliphatic hydroxyl groups excluding tert-OH is 2. The summed E-state index contributed by atoms with van der Waals surface area (Å²) in [6.07, 6.45) is -4.34. The Labute approximate surface area is 667 Å². The molecule has 2 aromatic heterocycles. The molecule has 114 heavy (non-hydrogen) atoms. The van der Waals surface area contributed by atoms with Crippen molar-refractivity contribution in [3.63, 3.8) is 0 Å². The van der Waals surface area contributed by atoms with Gasteiger partial charge in [-0.1, -0.05) is 119 Å². The Bertz CT molecular complexity index is 3900. The van der Waals surface area contributed by atoms with E-state index in [0.717, 1.165) is 34.5 Å². The minimum atomic E-state index is -5.66. The summed E-state index contributed by atoms with van der Waals surface area (Å²) in [6, 6.07) is 6.28. The molecule has 0 spiro atoms. The van der Waals surface area contributed by atoms with Crippen LogP contribution in [0.25, 0.3) is 11.2 Å². The number of imidazole rings is 1. The molecular weight excluding hydrogens is 1580 g/mol. The first-order valence-electron chi connectivity index (χ1n) is 38.0. The van der Waals surface area contributed by atoms with E-state index in [2.05, 4.69) is 39.7 Å². The Kier molecular flexibility index (Phi) is 38.3. The number of amides is 6. The number of anilines is 1. The fraction of sp³-hybridized carbons (Fsp3) is 0.708. The maximum atomic E-state index is 14.7. The zero-order valence-corrected chi connectivity index (χ0v) is 70.3. The number of Topliss-reactive ketones (excluding diaryl/α,β-unsaturated/α-hetero) is 2. The van der Waals surface area contributed by atoms with Crippen LogP contribution in [0.15, 0.2) is 43.0 Å². The van der Waals surface area contributed by atoms with Crippen molar-refractivity contribution in [1.29, 1.82) is 0 Å². The number of phosphoric acid groups is 3. The number of ether oxygens (including phenoxy) is 2. The van der Waals surface area contributed by atoms with Gasteiger partial charge in [0, 0.05) is 102 Å². The number of hydrogen-bond donors (Lipinski definition) is 12. The van der Waals surface area contributed by atoms with Crippen molar-refractivity contribution >= 4 is 111 Å². The summed E-state index contributed by atoms with van der Waals surface area (Å²) in [4.78, 5) is 190. The van der Waals surface area contributed by atoms with Gasteiger partial charge in [-0.15, -0.1) is 11.8 Å². The maximum Gasteiger partial charge on any atom is 0.481 e. The van der Waals surface area contributed by atoms with Crippen LogP contribution in [0.4, 0.5) is 5.82 Å². The number of aliphatic carboxylic acids is 2. The van der Waals surface area contributed by atoms with Gasteiger partial charge in [0.15, 0.2) is 17.7 Å². The van der Waals surface area contributed by atoms with Gasteiger partial charge in [-0.3, -0.25) is 66.1 Å². The van der Waals surface area contributed by atoms with E-state index in [1.165, 1.54) is 32.9 Å². The van der Waals surface area contributed by atoms with Crippen LogP contribution < -0.4 is 21.7 Å². The van der Waals surface area contributed by atoms with E-state index >= 15 is 0 Å². The molecule has 642 valence electrons. The van der Waals surface area contributed by atoms with E-state index in [4.69, 9.17) is 24.3 Å². The van der Waals surface area contributed by atoms with Crippen LogP contribution in [0, 0.1) is 40.9 Å². The van der Waals surface area contributed by atoms with Crippen molar-refractivity contribution in [3.8, 4) is 0 Å². The maximum absolute atomic E-state index is 14.7. The number of aromatic nitrogens is 4. The Hall–Kier alpha value is -6.77. The molecule has 6 amide bonds. The fourth-order valence-corrected chi connectivity index (χ4v) is 17.9. The molecule has 5 rings (SSSR count). The summed E-state index contributed by atoms with van der Waals surface area (Å²) in [6.45, 7) is 15.2. The lowest BCUT2D eigenvalue weighted by Crippen LogP contribution is -2.59. The first kappa shape index (κ1) is 97.8. The number of hydrogen-bond acceptors (Lipinski definition) is 26. The molecule has 2 saturated heterocycles. The zero-order chi connectivity index (χ0) is 85.5. The quantitative estimate of drug-likeness (QED) is 0.0262. The molecule has 17 atom stereocenters. The Morgan fingerprint density at radius 3 is 2.04 bits per heavy atom. The van der Waals surface area contributed by atoms with Gasteiger partial charge in [0.05, 0.1) is 37.6 Å². The minimum absolute atomic E-state index is 0.00174. The monoisotopic (exact) mass is 1690 g/mol. The predicted molar refractivity (Wildman–Crippen MR) is 414 cm³/mol. The van der Waals surface area contributed by atoms with E-state index in [0.29, 0.717) is 51.5 Å². The number of nitrogens with one attached hydrogen (secondary N) is 3. The van der Waals surface area contributed by atoms with E-state index in [1.807, 2.05) is 65.0 Å². The highest BCUT2D eigenvalue weighted by atomic mass is 32.2. The molecule has 3 unspecified atom stereocenters. The van der Waals surface area contributed by atoms with Crippen LogP contribution in [0.3, 0.4) is 0 Å². The van der Waals surface area contributed by atoms with Crippen LogP contribution in [0.5, 0.6) is 0 Å². The number of rotatable bonds is 51. The molecule has 42 heteroatoms. The molecule has 2 aliphatic heterocycles. The topological polar surface area (TPSA) is 555 Å². The van der Waals surface area contributed by atoms with Crippen molar-refractivity contribution in [1.82, 2.24) is 50.2 Å². The Morgan fingerprint density at radius 1 is 0.789 bits per heavy atom. The summed E-state index contributed by atoms with van der Waals surface area (Å²) >= 11 is 0.928. The highest BCUT2D eigenvalue weighted by Crippen LogP contribution is 2.61. The average molecular weight is 1690 g/mol. The normalized spacial score (nSPS) is 20.4. The van der Waals surface area contributed by atoms with Crippen molar-refractivity contribution in [2.24, 2.45) is 40.9 Å². The average Bonchev–Trinajstić information content (AvgIpc) is 1.61. The molecule has 2 fully saturated rings. The van der Waals surface area contributed by atoms with Crippen molar-refractivity contribution in [3.05, 3.63) is 48.5 Å². The molecule has 38 nitrogen and oxygen atoms in total.